The molecule has 0 saturated carbocycles. The van der Waals surface area contributed by atoms with Crippen molar-refractivity contribution in [1.29, 1.82) is 0 Å². The number of H-pyrrole nitrogens is 1. The molecule has 0 aliphatic carbocycles. The van der Waals surface area contributed by atoms with Crippen LogP contribution in [0.25, 0.3) is 11.4 Å². The summed E-state index contributed by atoms with van der Waals surface area (Å²) in [5.41, 5.74) is 4.66. The highest BCUT2D eigenvalue weighted by molar-refractivity contribution is 7.99. The number of Topliss-reactive ketones (excluding diaryl/α,β-unsaturated/α-hetero) is 1. The molecule has 6 nitrogen and oxygen atoms in total. The van der Waals surface area contributed by atoms with Gasteiger partial charge in [0, 0.05) is 17.0 Å². The number of hydrogen-bond donors (Lipinski definition) is 1. The molecular weight excluding hydrogens is 384 g/mol. The van der Waals surface area contributed by atoms with Crippen molar-refractivity contribution in [3.8, 4) is 11.4 Å². The molecule has 0 aliphatic rings. The molecule has 29 heavy (non-hydrogen) atoms. The van der Waals surface area contributed by atoms with E-state index in [0.29, 0.717) is 17.5 Å². The summed E-state index contributed by atoms with van der Waals surface area (Å²) in [5, 5.41) is 9.49. The van der Waals surface area contributed by atoms with Crippen LogP contribution in [0.2, 0.25) is 0 Å². The molecule has 0 spiro atoms. The summed E-state index contributed by atoms with van der Waals surface area (Å²) in [6.07, 6.45) is 1.65. The number of thioether (sulfide) groups is 1. The molecule has 0 saturated heterocycles. The maximum atomic E-state index is 12.7. The molecule has 0 unspecified atom stereocenters. The van der Waals surface area contributed by atoms with Gasteiger partial charge >= 0.3 is 0 Å². The van der Waals surface area contributed by atoms with Crippen LogP contribution in [0.5, 0.6) is 0 Å². The summed E-state index contributed by atoms with van der Waals surface area (Å²) >= 11 is 1.41. The fraction of sp³-hybridized carbons (Fsp3) is 0.227. The molecule has 1 aromatic carbocycles. The van der Waals surface area contributed by atoms with E-state index in [9.17, 15) is 4.79 Å². The third kappa shape index (κ3) is 4.05. The van der Waals surface area contributed by atoms with Crippen LogP contribution in [0, 0.1) is 20.8 Å². The molecule has 4 rings (SSSR count). The number of aromatic amines is 1. The number of ketones is 1. The average molecular weight is 407 g/mol. The van der Waals surface area contributed by atoms with Crippen molar-refractivity contribution in [3.63, 3.8) is 0 Å². The van der Waals surface area contributed by atoms with E-state index in [1.807, 2.05) is 55.7 Å². The number of nitrogens with zero attached hydrogens (tertiary/aromatic N) is 3. The topological polar surface area (TPSA) is 76.7 Å². The third-order valence-corrected chi connectivity index (χ3v) is 5.75. The van der Waals surface area contributed by atoms with E-state index in [4.69, 9.17) is 4.42 Å². The molecule has 7 heteroatoms. The molecule has 0 amide bonds. The van der Waals surface area contributed by atoms with Crippen molar-refractivity contribution < 1.29 is 9.21 Å². The molecule has 148 valence electrons. The van der Waals surface area contributed by atoms with Crippen molar-refractivity contribution >= 4 is 17.5 Å². The number of aromatic nitrogens is 4. The number of carbonyl (C=O) groups is 1. The Morgan fingerprint density at radius 2 is 1.93 bits per heavy atom. The highest BCUT2D eigenvalue weighted by atomic mass is 32.2. The lowest BCUT2D eigenvalue weighted by Crippen LogP contribution is -2.07. The second kappa shape index (κ2) is 8.13. The number of aryl methyl sites for hydroxylation is 3. The van der Waals surface area contributed by atoms with Gasteiger partial charge in [0.25, 0.3) is 0 Å². The van der Waals surface area contributed by atoms with E-state index >= 15 is 0 Å². The van der Waals surface area contributed by atoms with E-state index in [1.165, 1.54) is 11.8 Å². The standard InChI is InChI=1S/C22H22N4O2S/c1-14-11-19(15(2)23-14)20(27)13-29-22-25-24-21(18-9-10-28-16(18)3)26(22)12-17-7-5-4-6-8-17/h4-11,23H,12-13H2,1-3H3. The number of benzene rings is 1. The summed E-state index contributed by atoms with van der Waals surface area (Å²) in [7, 11) is 0. The van der Waals surface area contributed by atoms with E-state index in [1.54, 1.807) is 6.26 Å². The van der Waals surface area contributed by atoms with Crippen LogP contribution in [0.3, 0.4) is 0 Å². The summed E-state index contributed by atoms with van der Waals surface area (Å²) in [4.78, 5) is 15.9. The SMILES string of the molecule is Cc1cc(C(=O)CSc2nnc(-c3ccoc3C)n2Cc2ccccc2)c(C)[nH]1. The maximum Gasteiger partial charge on any atom is 0.192 e. The average Bonchev–Trinajstić information content (AvgIpc) is 3.39. The van der Waals surface area contributed by atoms with Gasteiger partial charge in [-0.2, -0.15) is 0 Å². The predicted octanol–water partition coefficient (Wildman–Crippen LogP) is 4.81. The second-order valence-electron chi connectivity index (χ2n) is 6.97. The lowest BCUT2D eigenvalue weighted by molar-refractivity contribution is 0.102. The third-order valence-electron chi connectivity index (χ3n) is 4.78. The first-order chi connectivity index (χ1) is 14.0. The van der Waals surface area contributed by atoms with Crippen molar-refractivity contribution in [2.75, 3.05) is 5.75 Å². The van der Waals surface area contributed by atoms with Crippen LogP contribution in [-0.2, 0) is 6.54 Å². The van der Waals surface area contributed by atoms with Gasteiger partial charge in [-0.05, 0) is 38.5 Å². The molecule has 0 aliphatic heterocycles. The van der Waals surface area contributed by atoms with Gasteiger partial charge in [-0.1, -0.05) is 42.1 Å². The minimum Gasteiger partial charge on any atom is -0.469 e. The first kappa shape index (κ1) is 19.3. The lowest BCUT2D eigenvalue weighted by Gasteiger charge is -2.10. The van der Waals surface area contributed by atoms with Gasteiger partial charge in [-0.25, -0.2) is 0 Å². The van der Waals surface area contributed by atoms with E-state index < -0.39 is 0 Å². The molecule has 0 atom stereocenters. The molecule has 0 fully saturated rings. The molecule has 1 N–H and O–H groups in total. The summed E-state index contributed by atoms with van der Waals surface area (Å²) in [6.45, 7) is 6.40. The van der Waals surface area contributed by atoms with Gasteiger partial charge in [0.05, 0.1) is 24.1 Å². The minimum atomic E-state index is 0.0761. The van der Waals surface area contributed by atoms with Crippen molar-refractivity contribution in [2.24, 2.45) is 0 Å². The lowest BCUT2D eigenvalue weighted by atomic mass is 10.2. The van der Waals surface area contributed by atoms with Gasteiger partial charge in [0.2, 0.25) is 0 Å². The molecular formula is C22H22N4O2S. The fourth-order valence-corrected chi connectivity index (χ4v) is 4.16. The summed E-state index contributed by atoms with van der Waals surface area (Å²) < 4.78 is 7.50. The van der Waals surface area contributed by atoms with E-state index in [-0.39, 0.29) is 5.78 Å². The Balaban J connectivity index is 1.62. The van der Waals surface area contributed by atoms with Gasteiger partial charge in [0.1, 0.15) is 5.76 Å². The summed E-state index contributed by atoms with van der Waals surface area (Å²) in [6, 6.07) is 13.9. The van der Waals surface area contributed by atoms with Crippen LogP contribution >= 0.6 is 11.8 Å². The first-order valence-corrected chi connectivity index (χ1v) is 10.4. The summed E-state index contributed by atoms with van der Waals surface area (Å²) in [5.74, 6) is 1.91. The Morgan fingerprint density at radius 3 is 2.59 bits per heavy atom. The number of rotatable bonds is 7. The predicted molar refractivity (Wildman–Crippen MR) is 113 cm³/mol. The van der Waals surface area contributed by atoms with Crippen molar-refractivity contribution in [1.82, 2.24) is 19.7 Å². The Hall–Kier alpha value is -3.06. The molecule has 3 heterocycles. The van der Waals surface area contributed by atoms with Crippen LogP contribution in [0.15, 0.2) is 58.3 Å². The zero-order chi connectivity index (χ0) is 20.4. The van der Waals surface area contributed by atoms with Crippen LogP contribution in [-0.4, -0.2) is 31.3 Å². The van der Waals surface area contributed by atoms with Gasteiger partial charge < -0.3 is 9.40 Å². The monoisotopic (exact) mass is 406 g/mol. The van der Waals surface area contributed by atoms with E-state index in [0.717, 1.165) is 39.7 Å². The number of carbonyl (C=O) groups excluding carboxylic acids is 1. The van der Waals surface area contributed by atoms with E-state index in [2.05, 4.69) is 27.3 Å². The molecule has 0 bridgehead atoms. The number of hydrogen-bond acceptors (Lipinski definition) is 5. The smallest absolute Gasteiger partial charge is 0.192 e. The number of nitrogens with one attached hydrogen (secondary N) is 1. The molecule has 0 radical (unpaired) electrons. The zero-order valence-electron chi connectivity index (χ0n) is 16.6. The normalized spacial score (nSPS) is 11.1. The van der Waals surface area contributed by atoms with Gasteiger partial charge in [0.15, 0.2) is 16.8 Å². The maximum absolute atomic E-state index is 12.7. The van der Waals surface area contributed by atoms with Crippen molar-refractivity contribution in [2.45, 2.75) is 32.5 Å². The van der Waals surface area contributed by atoms with Crippen LogP contribution in [0.4, 0.5) is 0 Å². The zero-order valence-corrected chi connectivity index (χ0v) is 17.4. The number of furan rings is 1. The largest absolute Gasteiger partial charge is 0.469 e. The van der Waals surface area contributed by atoms with Crippen molar-refractivity contribution in [3.05, 3.63) is 77.0 Å². The minimum absolute atomic E-state index is 0.0761. The Labute approximate surface area is 173 Å². The Bertz CT molecular complexity index is 1140. The molecule has 4 aromatic rings. The Kier molecular flexibility index (Phi) is 5.40. The van der Waals surface area contributed by atoms with Gasteiger partial charge in [-0.15, -0.1) is 10.2 Å². The van der Waals surface area contributed by atoms with Gasteiger partial charge in [-0.3, -0.25) is 9.36 Å². The first-order valence-electron chi connectivity index (χ1n) is 9.36. The molecule has 3 aromatic heterocycles. The Morgan fingerprint density at radius 1 is 1.14 bits per heavy atom. The quantitative estimate of drug-likeness (QED) is 0.352. The highest BCUT2D eigenvalue weighted by Crippen LogP contribution is 2.28. The fourth-order valence-electron chi connectivity index (χ4n) is 3.34. The second-order valence-corrected chi connectivity index (χ2v) is 7.91. The van der Waals surface area contributed by atoms with Crippen LogP contribution < -0.4 is 0 Å². The highest BCUT2D eigenvalue weighted by Gasteiger charge is 2.20. The van der Waals surface area contributed by atoms with Crippen LogP contribution in [0.1, 0.15) is 33.1 Å².